The third-order valence-corrected chi connectivity index (χ3v) is 7.20. The number of fused-ring (bicyclic) bond motifs is 2. The highest BCUT2D eigenvalue weighted by molar-refractivity contribution is 7.98. The van der Waals surface area contributed by atoms with E-state index in [4.69, 9.17) is 0 Å². The Labute approximate surface area is 142 Å². The lowest BCUT2D eigenvalue weighted by Crippen LogP contribution is -2.43. The SMILES string of the molecule is O=C1CCC[SH](O)(=NC(=O)Nc2c3c(cc4c2CCC4)CCC3)N1. The van der Waals surface area contributed by atoms with E-state index >= 15 is 0 Å². The number of urea groups is 1. The Kier molecular flexibility index (Phi) is 3.92. The van der Waals surface area contributed by atoms with Gasteiger partial charge in [0, 0.05) is 17.9 Å². The molecule has 24 heavy (non-hydrogen) atoms. The normalized spacial score (nSPS) is 22.3. The molecule has 0 radical (unpaired) electrons. The Morgan fingerprint density at radius 2 is 1.75 bits per heavy atom. The van der Waals surface area contributed by atoms with Crippen molar-refractivity contribution in [3.05, 3.63) is 28.3 Å². The summed E-state index contributed by atoms with van der Waals surface area (Å²) in [6.07, 6.45) is 7.28. The number of carbonyl (C=O) groups is 2. The fraction of sp³-hybridized carbons (Fsp3) is 0.529. The maximum atomic E-state index is 12.4. The molecule has 1 aliphatic heterocycles. The van der Waals surface area contributed by atoms with Gasteiger partial charge in [-0.05, 0) is 77.5 Å². The van der Waals surface area contributed by atoms with Gasteiger partial charge in [0.2, 0.25) is 5.91 Å². The van der Waals surface area contributed by atoms with Gasteiger partial charge < -0.3 is 9.87 Å². The second-order valence-electron chi connectivity index (χ2n) is 6.86. The molecule has 1 aromatic carbocycles. The number of carbonyl (C=O) groups excluding carboxylic acids is 2. The molecule has 3 aliphatic rings. The second-order valence-corrected chi connectivity index (χ2v) is 9.19. The number of anilines is 1. The lowest BCUT2D eigenvalue weighted by atomic mass is 9.99. The Bertz CT molecular complexity index is 756. The Hall–Kier alpha value is -1.73. The van der Waals surface area contributed by atoms with Crippen molar-refractivity contribution in [3.63, 3.8) is 0 Å². The van der Waals surface area contributed by atoms with Crippen LogP contribution in [0.1, 0.15) is 47.9 Å². The van der Waals surface area contributed by atoms with Crippen LogP contribution in [0.15, 0.2) is 10.4 Å². The van der Waals surface area contributed by atoms with Crippen molar-refractivity contribution in [2.45, 2.75) is 51.4 Å². The maximum Gasteiger partial charge on any atom is 0.353 e. The van der Waals surface area contributed by atoms with Crippen LogP contribution < -0.4 is 10.0 Å². The van der Waals surface area contributed by atoms with Crippen molar-refractivity contribution < 1.29 is 14.1 Å². The molecule has 0 unspecified atom stereocenters. The van der Waals surface area contributed by atoms with Crippen LogP contribution >= 0.6 is 0 Å². The first-order chi connectivity index (χ1) is 11.5. The maximum absolute atomic E-state index is 12.4. The highest BCUT2D eigenvalue weighted by atomic mass is 32.3. The largest absolute Gasteiger partial charge is 0.353 e. The highest BCUT2D eigenvalue weighted by Gasteiger charge is 2.26. The monoisotopic (exact) mass is 349 g/mol. The van der Waals surface area contributed by atoms with Crippen LogP contribution in [0.5, 0.6) is 0 Å². The van der Waals surface area contributed by atoms with E-state index in [0.717, 1.165) is 44.2 Å². The van der Waals surface area contributed by atoms with Gasteiger partial charge in [0.15, 0.2) is 0 Å². The molecule has 130 valence electrons. The van der Waals surface area contributed by atoms with Gasteiger partial charge >= 0.3 is 6.03 Å². The summed E-state index contributed by atoms with van der Waals surface area (Å²) in [5, 5.41) is 2.94. The van der Waals surface area contributed by atoms with Gasteiger partial charge in [0.05, 0.1) is 0 Å². The van der Waals surface area contributed by atoms with E-state index < -0.39 is 16.3 Å². The third kappa shape index (κ3) is 2.86. The van der Waals surface area contributed by atoms with Crippen molar-refractivity contribution in [2.75, 3.05) is 11.1 Å². The van der Waals surface area contributed by atoms with Gasteiger partial charge in [0.25, 0.3) is 0 Å². The molecular weight excluding hydrogens is 326 g/mol. The fourth-order valence-electron chi connectivity index (χ4n) is 4.10. The molecule has 1 fully saturated rings. The summed E-state index contributed by atoms with van der Waals surface area (Å²) in [5.74, 6) is 0.145. The summed E-state index contributed by atoms with van der Waals surface area (Å²) in [6, 6.07) is 1.77. The molecule has 1 heterocycles. The van der Waals surface area contributed by atoms with Crippen LogP contribution in [-0.4, -0.2) is 22.2 Å². The molecule has 3 N–H and O–H groups in total. The first-order valence-electron chi connectivity index (χ1n) is 8.67. The smallest absolute Gasteiger partial charge is 0.328 e. The molecule has 2 aliphatic carbocycles. The molecule has 6 nitrogen and oxygen atoms in total. The van der Waals surface area contributed by atoms with Gasteiger partial charge in [0.1, 0.15) is 0 Å². The number of rotatable bonds is 1. The summed E-state index contributed by atoms with van der Waals surface area (Å²) in [7, 11) is -3.04. The van der Waals surface area contributed by atoms with E-state index in [-0.39, 0.29) is 5.91 Å². The minimum atomic E-state index is -3.04. The fourth-order valence-corrected chi connectivity index (χ4v) is 5.82. The van der Waals surface area contributed by atoms with E-state index in [2.05, 4.69) is 20.5 Å². The minimum Gasteiger partial charge on any atom is -0.328 e. The number of nitrogens with zero attached hydrogens (tertiary/aromatic N) is 1. The molecule has 0 bridgehead atoms. The number of benzene rings is 1. The Balaban J connectivity index is 1.64. The predicted octanol–water partition coefficient (Wildman–Crippen LogP) is 2.56. The van der Waals surface area contributed by atoms with Crippen molar-refractivity contribution in [1.82, 2.24) is 4.72 Å². The van der Waals surface area contributed by atoms with E-state index in [1.807, 2.05) is 0 Å². The summed E-state index contributed by atoms with van der Waals surface area (Å²) in [6.45, 7) is 0. The summed E-state index contributed by atoms with van der Waals surface area (Å²) >= 11 is 0. The number of hydrogen-bond donors (Lipinski definition) is 4. The van der Waals surface area contributed by atoms with Crippen LogP contribution in [0.3, 0.4) is 0 Å². The highest BCUT2D eigenvalue weighted by Crippen LogP contribution is 2.38. The lowest BCUT2D eigenvalue weighted by molar-refractivity contribution is -0.119. The topological polar surface area (TPSA) is 90.8 Å². The van der Waals surface area contributed by atoms with Gasteiger partial charge in [-0.3, -0.25) is 9.52 Å². The number of aryl methyl sites for hydroxylation is 2. The standard InChI is InChI=1S/C17H23N3O3S/c21-15-8-3-9-24(23,19-15)20-17(22)18-16-13-6-1-4-11(13)10-12-5-2-7-14(12)16/h10,24H,1-9H2,(H3,18,19,20,21,22,23). The molecule has 7 heteroatoms. The van der Waals surface area contributed by atoms with Crippen LogP contribution in [-0.2, 0) is 40.8 Å². The van der Waals surface area contributed by atoms with E-state index in [0.29, 0.717) is 18.6 Å². The molecule has 3 amide bonds. The van der Waals surface area contributed by atoms with E-state index in [9.17, 15) is 14.1 Å². The predicted molar refractivity (Wildman–Crippen MR) is 95.6 cm³/mol. The Morgan fingerprint density at radius 1 is 1.08 bits per heavy atom. The van der Waals surface area contributed by atoms with E-state index in [1.54, 1.807) is 0 Å². The molecule has 0 spiro atoms. The van der Waals surface area contributed by atoms with Crippen molar-refractivity contribution in [1.29, 1.82) is 0 Å². The molecular formula is C17H23N3O3S. The molecule has 1 saturated heterocycles. The third-order valence-electron chi connectivity index (χ3n) is 5.14. The average Bonchev–Trinajstić information content (AvgIpc) is 3.14. The first-order valence-corrected chi connectivity index (χ1v) is 10.5. The minimum absolute atomic E-state index is 0.227. The average molecular weight is 349 g/mol. The van der Waals surface area contributed by atoms with Crippen LogP contribution in [0, 0.1) is 0 Å². The zero-order chi connectivity index (χ0) is 16.7. The van der Waals surface area contributed by atoms with Crippen LogP contribution in [0.4, 0.5) is 10.5 Å². The van der Waals surface area contributed by atoms with Gasteiger partial charge in [-0.2, -0.15) is 4.36 Å². The second kappa shape index (κ2) is 5.97. The van der Waals surface area contributed by atoms with Gasteiger partial charge in [-0.1, -0.05) is 6.07 Å². The lowest BCUT2D eigenvalue weighted by Gasteiger charge is -2.29. The molecule has 0 saturated carbocycles. The Morgan fingerprint density at radius 3 is 2.38 bits per heavy atom. The molecule has 4 rings (SSSR count). The molecule has 0 aromatic heterocycles. The zero-order valence-electron chi connectivity index (χ0n) is 13.6. The summed E-state index contributed by atoms with van der Waals surface area (Å²) < 4.78 is 16.9. The van der Waals surface area contributed by atoms with Crippen LogP contribution in [0.2, 0.25) is 0 Å². The van der Waals surface area contributed by atoms with Crippen molar-refractivity contribution in [3.8, 4) is 0 Å². The number of hydrogen-bond acceptors (Lipinski definition) is 2. The zero-order valence-corrected chi connectivity index (χ0v) is 14.5. The number of amides is 3. The van der Waals surface area contributed by atoms with Crippen LogP contribution in [0.25, 0.3) is 0 Å². The summed E-state index contributed by atoms with van der Waals surface area (Å²) in [4.78, 5) is 23.9. The van der Waals surface area contributed by atoms with E-state index in [1.165, 1.54) is 22.3 Å². The van der Waals surface area contributed by atoms with Crippen molar-refractivity contribution >= 4 is 27.9 Å². The van der Waals surface area contributed by atoms with Gasteiger partial charge in [-0.25, -0.2) is 4.79 Å². The number of thiol groups is 1. The van der Waals surface area contributed by atoms with Gasteiger partial charge in [-0.15, -0.1) is 0 Å². The van der Waals surface area contributed by atoms with Crippen molar-refractivity contribution in [2.24, 2.45) is 4.36 Å². The number of nitrogens with one attached hydrogen (secondary N) is 2. The molecule has 1 aromatic rings. The summed E-state index contributed by atoms with van der Waals surface area (Å²) in [5.41, 5.74) is 6.06. The first kappa shape index (κ1) is 15.8. The molecule has 0 atom stereocenters. The quantitative estimate of drug-likeness (QED) is 0.587.